The number of rotatable bonds is 8. The zero-order valence-electron chi connectivity index (χ0n) is 16.7. The molecule has 0 aromatic heterocycles. The van der Waals surface area contributed by atoms with Crippen LogP contribution in [0.5, 0.6) is 0 Å². The number of carbonyl (C=O) groups is 4. The molecule has 1 saturated heterocycles. The minimum Gasteiger partial charge on any atom is -0.829 e. The van der Waals surface area contributed by atoms with E-state index in [1.807, 2.05) is 0 Å². The minimum absolute atomic E-state index is 0.0815. The summed E-state index contributed by atoms with van der Waals surface area (Å²) in [5.74, 6) is -2.70. The van der Waals surface area contributed by atoms with Crippen LogP contribution in [0, 0.1) is 0 Å². The Labute approximate surface area is 168 Å². The zero-order valence-corrected chi connectivity index (χ0v) is 16.7. The molecular weight excluding hydrogens is 390 g/mol. The molecule has 1 fully saturated rings. The van der Waals surface area contributed by atoms with E-state index in [0.717, 1.165) is 25.7 Å². The molecule has 0 unspecified atom stereocenters. The summed E-state index contributed by atoms with van der Waals surface area (Å²) < 4.78 is 20.7. The second-order valence-electron chi connectivity index (χ2n) is 6.31. The molecule has 0 saturated carbocycles. The minimum atomic E-state index is -1.89. The standard InChI is InChI=1S/C18H26NO10/c1-10(21)19(7-5-6-8-20)15-17(28-13(4)24)16(27-12(3)23)14(29-18(15)25)9-26-11(2)22/h5-6,14-18,20H,7-9H2,1-4H3/q-1/b6-5-/t14-,15-,16-,17-,18-/m1/s1. The summed E-state index contributed by atoms with van der Waals surface area (Å²) in [6.45, 7) is 3.79. The highest BCUT2D eigenvalue weighted by molar-refractivity contribution is 5.74. The molecule has 1 aliphatic heterocycles. The van der Waals surface area contributed by atoms with Gasteiger partial charge in [0.05, 0.1) is 12.6 Å². The van der Waals surface area contributed by atoms with Crippen molar-refractivity contribution in [3.05, 3.63) is 12.2 Å². The van der Waals surface area contributed by atoms with Gasteiger partial charge in [0.25, 0.3) is 0 Å². The summed E-state index contributed by atoms with van der Waals surface area (Å²) in [4.78, 5) is 47.7. The highest BCUT2D eigenvalue weighted by atomic mass is 16.7. The van der Waals surface area contributed by atoms with Crippen LogP contribution in [0.4, 0.5) is 0 Å². The quantitative estimate of drug-likeness (QED) is 0.274. The molecule has 0 bridgehead atoms. The lowest BCUT2D eigenvalue weighted by Gasteiger charge is -2.51. The Morgan fingerprint density at radius 2 is 1.59 bits per heavy atom. The third-order valence-corrected chi connectivity index (χ3v) is 4.01. The van der Waals surface area contributed by atoms with Crippen LogP contribution < -0.4 is 5.11 Å². The maximum absolute atomic E-state index is 12.8. The van der Waals surface area contributed by atoms with Crippen molar-refractivity contribution in [3.8, 4) is 0 Å². The lowest BCUT2D eigenvalue weighted by Crippen LogP contribution is -2.69. The smallest absolute Gasteiger partial charge is 0.303 e. The van der Waals surface area contributed by atoms with E-state index in [1.165, 1.54) is 19.1 Å². The van der Waals surface area contributed by atoms with Gasteiger partial charge >= 0.3 is 17.9 Å². The lowest BCUT2D eigenvalue weighted by molar-refractivity contribution is -0.524. The summed E-state index contributed by atoms with van der Waals surface area (Å²) in [7, 11) is 0. The molecule has 5 atom stereocenters. The molecule has 0 aromatic rings. The van der Waals surface area contributed by atoms with E-state index in [2.05, 4.69) is 0 Å². The monoisotopic (exact) mass is 416 g/mol. The Balaban J connectivity index is 3.32. The lowest BCUT2D eigenvalue weighted by atomic mass is 9.94. The van der Waals surface area contributed by atoms with E-state index < -0.39 is 61.1 Å². The number of aliphatic hydroxyl groups excluding tert-OH is 1. The first-order valence-electron chi connectivity index (χ1n) is 8.90. The first-order chi connectivity index (χ1) is 13.6. The van der Waals surface area contributed by atoms with Gasteiger partial charge in [-0.3, -0.25) is 19.2 Å². The van der Waals surface area contributed by atoms with Gasteiger partial charge in [-0.05, 0) is 0 Å². The van der Waals surface area contributed by atoms with E-state index in [0.29, 0.717) is 0 Å². The Morgan fingerprint density at radius 3 is 2.07 bits per heavy atom. The fourth-order valence-electron chi connectivity index (χ4n) is 2.93. The summed E-state index contributed by atoms with van der Waals surface area (Å²) in [6, 6.07) is -1.34. The first kappa shape index (κ1) is 24.5. The zero-order chi connectivity index (χ0) is 22.1. The molecule has 0 aromatic carbocycles. The first-order valence-corrected chi connectivity index (χ1v) is 8.90. The molecule has 1 rings (SSSR count). The Bertz CT molecular complexity index is 634. The third kappa shape index (κ3) is 7.44. The van der Waals surface area contributed by atoms with Crippen molar-refractivity contribution in [2.45, 2.75) is 58.3 Å². The molecular formula is C18H26NO10-. The number of esters is 3. The molecule has 1 N–H and O–H groups in total. The molecule has 1 aliphatic rings. The van der Waals surface area contributed by atoms with Gasteiger partial charge in [0.1, 0.15) is 12.7 Å². The van der Waals surface area contributed by atoms with Crippen LogP contribution in [0.15, 0.2) is 12.2 Å². The fraction of sp³-hybridized carbons (Fsp3) is 0.667. The number of hydrogen-bond donors (Lipinski definition) is 1. The summed E-state index contributed by atoms with van der Waals surface area (Å²) >= 11 is 0. The van der Waals surface area contributed by atoms with Crippen molar-refractivity contribution < 1.29 is 48.3 Å². The largest absolute Gasteiger partial charge is 0.829 e. The van der Waals surface area contributed by atoms with Crippen molar-refractivity contribution in [3.63, 3.8) is 0 Å². The van der Waals surface area contributed by atoms with E-state index in [4.69, 9.17) is 24.1 Å². The SMILES string of the molecule is CC(=O)OC[C@H]1O[C@@H]([O-])[C@H](N(C/C=C\CO)C(C)=O)[C@@H](OC(C)=O)[C@@H]1OC(C)=O. The number of carbonyl (C=O) groups excluding carboxylic acids is 4. The topological polar surface area (TPSA) is 152 Å². The average Bonchev–Trinajstić information content (AvgIpc) is 2.59. The second-order valence-corrected chi connectivity index (χ2v) is 6.31. The number of hydrogen-bond acceptors (Lipinski definition) is 10. The average molecular weight is 416 g/mol. The molecule has 0 spiro atoms. The Hall–Kier alpha value is -2.50. The molecule has 1 amide bonds. The highest BCUT2D eigenvalue weighted by Crippen LogP contribution is 2.28. The van der Waals surface area contributed by atoms with Gasteiger partial charge in [-0.2, -0.15) is 0 Å². The fourth-order valence-corrected chi connectivity index (χ4v) is 2.93. The van der Waals surface area contributed by atoms with Crippen molar-refractivity contribution in [1.82, 2.24) is 4.90 Å². The van der Waals surface area contributed by atoms with Crippen LogP contribution >= 0.6 is 0 Å². The molecule has 11 nitrogen and oxygen atoms in total. The predicted octanol–water partition coefficient (Wildman–Crippen LogP) is -1.74. The van der Waals surface area contributed by atoms with E-state index >= 15 is 0 Å². The maximum Gasteiger partial charge on any atom is 0.303 e. The Morgan fingerprint density at radius 1 is 1.00 bits per heavy atom. The summed E-state index contributed by atoms with van der Waals surface area (Å²) in [5, 5.41) is 21.7. The van der Waals surface area contributed by atoms with Gasteiger partial charge in [-0.25, -0.2) is 0 Å². The van der Waals surface area contributed by atoms with Crippen molar-refractivity contribution in [2.75, 3.05) is 19.8 Å². The number of ether oxygens (including phenoxy) is 4. The van der Waals surface area contributed by atoms with Crippen molar-refractivity contribution in [2.24, 2.45) is 0 Å². The Kier molecular flexibility index (Phi) is 9.72. The van der Waals surface area contributed by atoms with Crippen LogP contribution in [-0.2, 0) is 38.1 Å². The molecule has 164 valence electrons. The molecule has 0 aliphatic carbocycles. The van der Waals surface area contributed by atoms with Gasteiger partial charge in [-0.15, -0.1) is 0 Å². The van der Waals surface area contributed by atoms with Crippen LogP contribution in [0.1, 0.15) is 27.7 Å². The number of aliphatic hydroxyl groups is 1. The maximum atomic E-state index is 12.8. The van der Waals surface area contributed by atoms with E-state index in [1.54, 1.807) is 0 Å². The molecule has 29 heavy (non-hydrogen) atoms. The molecule has 0 radical (unpaired) electrons. The normalized spacial score (nSPS) is 26.6. The van der Waals surface area contributed by atoms with Crippen LogP contribution in [0.25, 0.3) is 0 Å². The molecule has 1 heterocycles. The van der Waals surface area contributed by atoms with Crippen molar-refractivity contribution >= 4 is 23.8 Å². The van der Waals surface area contributed by atoms with Gasteiger partial charge < -0.3 is 34.1 Å². The van der Waals surface area contributed by atoms with Crippen LogP contribution in [0.2, 0.25) is 0 Å². The van der Waals surface area contributed by atoms with Gasteiger partial charge in [0.15, 0.2) is 12.2 Å². The predicted molar refractivity (Wildman–Crippen MR) is 93.8 cm³/mol. The number of amides is 1. The van der Waals surface area contributed by atoms with Crippen molar-refractivity contribution in [1.29, 1.82) is 0 Å². The van der Waals surface area contributed by atoms with Crippen LogP contribution in [-0.4, -0.2) is 84.2 Å². The summed E-state index contributed by atoms with van der Waals surface area (Å²) in [6.07, 6.45) is -2.93. The third-order valence-electron chi connectivity index (χ3n) is 4.01. The van der Waals surface area contributed by atoms with Gasteiger partial charge in [0.2, 0.25) is 5.91 Å². The molecule has 11 heteroatoms. The van der Waals surface area contributed by atoms with E-state index in [9.17, 15) is 24.3 Å². The van der Waals surface area contributed by atoms with E-state index in [-0.39, 0.29) is 13.2 Å². The van der Waals surface area contributed by atoms with Gasteiger partial charge in [0, 0.05) is 40.5 Å². The van der Waals surface area contributed by atoms with Crippen LogP contribution in [0.3, 0.4) is 0 Å². The summed E-state index contributed by atoms with van der Waals surface area (Å²) in [5.41, 5.74) is 0. The van der Waals surface area contributed by atoms with Gasteiger partial charge in [-0.1, -0.05) is 12.2 Å². The highest BCUT2D eigenvalue weighted by Gasteiger charge is 2.49. The second kappa shape index (κ2) is 11.5. The number of nitrogens with zero attached hydrogens (tertiary/aromatic N) is 1.